The molecule has 1 aliphatic heterocycles. The molecular weight excluding hydrogens is 349 g/mol. The maximum atomic E-state index is 5.63. The van der Waals surface area contributed by atoms with Crippen molar-refractivity contribution in [2.24, 2.45) is 0 Å². The van der Waals surface area contributed by atoms with Gasteiger partial charge in [-0.1, -0.05) is 12.2 Å². The van der Waals surface area contributed by atoms with E-state index in [0.29, 0.717) is 0 Å². The molecule has 0 bridgehead atoms. The molecule has 1 rings (SSSR count). The fourth-order valence-electron chi connectivity index (χ4n) is 1.31. The molecule has 0 aliphatic carbocycles. The van der Waals surface area contributed by atoms with E-state index in [0.717, 1.165) is 6.61 Å². The third kappa shape index (κ3) is 3.83. The van der Waals surface area contributed by atoms with Crippen LogP contribution in [0.3, 0.4) is 0 Å². The first kappa shape index (κ1) is 11.8. The van der Waals surface area contributed by atoms with Crippen molar-refractivity contribution >= 4 is 36.8 Å². The molecule has 0 spiro atoms. The van der Waals surface area contributed by atoms with Crippen molar-refractivity contribution in [2.45, 2.75) is 31.4 Å². The van der Waals surface area contributed by atoms with E-state index < -0.39 is 0 Å². The first-order valence-electron chi connectivity index (χ1n) is 3.90. The van der Waals surface area contributed by atoms with Gasteiger partial charge < -0.3 is 4.74 Å². The molecule has 1 unspecified atom stereocenters. The summed E-state index contributed by atoms with van der Waals surface area (Å²) in [5.74, 6) is 0. The third-order valence-corrected chi connectivity index (χ3v) is 2.65. The van der Waals surface area contributed by atoms with Crippen molar-refractivity contribution in [3.63, 3.8) is 0 Å². The van der Waals surface area contributed by atoms with Gasteiger partial charge in [0.25, 0.3) is 0 Å². The first-order valence-corrected chi connectivity index (χ1v) is 4.61. The Bertz CT molecular complexity index is 130. The van der Waals surface area contributed by atoms with Crippen LogP contribution in [-0.2, 0) is 4.74 Å². The van der Waals surface area contributed by atoms with Crippen LogP contribution < -0.4 is 0 Å². The van der Waals surface area contributed by atoms with E-state index >= 15 is 0 Å². The summed E-state index contributed by atoms with van der Waals surface area (Å²) in [4.78, 5) is 0. The minimum atomic E-state index is 0. The molecule has 0 saturated carbocycles. The second-order valence-electron chi connectivity index (χ2n) is 2.87. The van der Waals surface area contributed by atoms with Gasteiger partial charge in [0.1, 0.15) is 0 Å². The third-order valence-electron chi connectivity index (χ3n) is 1.85. The van der Waals surface area contributed by atoms with E-state index in [2.05, 4.69) is 12.2 Å². The molecule has 1 saturated heterocycles. The second kappa shape index (κ2) is 5.46. The monoisotopic (exact) mass is 365 g/mol. The zero-order valence-electron chi connectivity index (χ0n) is 7.05. The Kier molecular flexibility index (Phi) is 5.86. The Morgan fingerprint density at radius 2 is 2.18 bits per heavy atom. The normalized spacial score (nSPS) is 31.8. The molecule has 0 aromatic heterocycles. The van der Waals surface area contributed by atoms with E-state index in [1.807, 2.05) is 17.2 Å². The van der Waals surface area contributed by atoms with Crippen LogP contribution in [0.15, 0.2) is 12.2 Å². The molecule has 1 nitrogen and oxygen atoms in total. The summed E-state index contributed by atoms with van der Waals surface area (Å²) in [5.41, 5.74) is 0. The summed E-state index contributed by atoms with van der Waals surface area (Å²) < 4.78 is 5.63. The molecule has 3 heteroatoms. The minimum absolute atomic E-state index is 0. The van der Waals surface area contributed by atoms with E-state index in [9.17, 15) is 0 Å². The SMILES string of the molecule is CC=CC1([SiH2])CCCCO1.[PoH]. The Morgan fingerprint density at radius 1 is 1.45 bits per heavy atom. The molecule has 1 fully saturated rings. The van der Waals surface area contributed by atoms with Crippen LogP contribution in [0.5, 0.6) is 0 Å². The molecular formula is C8H16OPoSi. The van der Waals surface area contributed by atoms with Crippen LogP contribution in [0.2, 0.25) is 0 Å². The van der Waals surface area contributed by atoms with E-state index in [1.165, 1.54) is 19.3 Å². The van der Waals surface area contributed by atoms with E-state index in [-0.39, 0.29) is 31.8 Å². The molecule has 11 heavy (non-hydrogen) atoms. The van der Waals surface area contributed by atoms with Crippen LogP contribution in [0.1, 0.15) is 26.2 Å². The Morgan fingerprint density at radius 3 is 2.64 bits per heavy atom. The molecule has 0 N–H and O–H groups in total. The van der Waals surface area contributed by atoms with Gasteiger partial charge >= 0.3 is 26.6 Å². The second-order valence-corrected chi connectivity index (χ2v) is 4.07. The predicted octanol–water partition coefficient (Wildman–Crippen LogP) is 0.444. The van der Waals surface area contributed by atoms with Gasteiger partial charge in [0.15, 0.2) is 0 Å². The fourth-order valence-corrected chi connectivity index (χ4v) is 1.94. The van der Waals surface area contributed by atoms with Crippen LogP contribution >= 0.6 is 0 Å². The van der Waals surface area contributed by atoms with Crippen molar-refractivity contribution in [2.75, 3.05) is 6.61 Å². The summed E-state index contributed by atoms with van der Waals surface area (Å²) in [5, 5.41) is 0.0764. The molecule has 1 atom stereocenters. The van der Waals surface area contributed by atoms with Crippen molar-refractivity contribution in [1.29, 1.82) is 0 Å². The summed E-state index contributed by atoms with van der Waals surface area (Å²) in [6, 6.07) is 0. The van der Waals surface area contributed by atoms with E-state index in [4.69, 9.17) is 4.74 Å². The predicted molar refractivity (Wildman–Crippen MR) is 53.0 cm³/mol. The summed E-state index contributed by atoms with van der Waals surface area (Å²) >= 11 is 0. The molecule has 2 radical (unpaired) electrons. The Labute approximate surface area is 91.5 Å². The Hall–Kier alpha value is 0.813. The van der Waals surface area contributed by atoms with Gasteiger partial charge in [-0.2, -0.15) is 0 Å². The molecule has 64 valence electrons. The zero-order chi connectivity index (χ0) is 7.45. The number of rotatable bonds is 1. The molecule has 0 aromatic carbocycles. The molecule has 0 aromatic rings. The van der Waals surface area contributed by atoms with Gasteiger partial charge in [0.2, 0.25) is 0 Å². The molecule has 1 heterocycles. The summed E-state index contributed by atoms with van der Waals surface area (Å²) in [6.45, 7) is 2.99. The topological polar surface area (TPSA) is 9.23 Å². The van der Waals surface area contributed by atoms with Gasteiger partial charge in [0, 0.05) is 6.61 Å². The summed E-state index contributed by atoms with van der Waals surface area (Å²) in [7, 11) is 1.95. The zero-order valence-corrected chi connectivity index (χ0v) is 11.9. The van der Waals surface area contributed by atoms with Crippen LogP contribution in [0.25, 0.3) is 0 Å². The van der Waals surface area contributed by atoms with Gasteiger partial charge in [-0.05, 0) is 26.2 Å². The average Bonchev–Trinajstić information content (AvgIpc) is 1.89. The maximum absolute atomic E-state index is 5.63. The van der Waals surface area contributed by atoms with Gasteiger partial charge in [-0.25, -0.2) is 0 Å². The number of hydrogen-bond acceptors (Lipinski definition) is 1. The van der Waals surface area contributed by atoms with Gasteiger partial charge in [-0.15, -0.1) is 0 Å². The first-order chi connectivity index (χ1) is 4.77. The van der Waals surface area contributed by atoms with Gasteiger partial charge in [0.05, 0.1) is 15.5 Å². The van der Waals surface area contributed by atoms with Crippen LogP contribution in [0, 0.1) is 0 Å². The Balaban J connectivity index is 0.000001000. The van der Waals surface area contributed by atoms with Gasteiger partial charge in [-0.3, -0.25) is 0 Å². The number of hydrogen-bond donors (Lipinski definition) is 0. The van der Waals surface area contributed by atoms with Crippen molar-refractivity contribution < 1.29 is 4.74 Å². The van der Waals surface area contributed by atoms with Crippen molar-refractivity contribution in [3.8, 4) is 0 Å². The number of ether oxygens (including phenoxy) is 1. The standard InChI is InChI=1S/C8H15OSi.Po.H/c1-2-5-8(10)6-3-4-7-9-8;;/h2,5H,3-4,6-7,10H2,1H3;;. The average molecular weight is 365 g/mol. The van der Waals surface area contributed by atoms with Crippen LogP contribution in [0.4, 0.5) is 0 Å². The summed E-state index contributed by atoms with van der Waals surface area (Å²) in [6.07, 6.45) is 7.99. The quantitative estimate of drug-likeness (QED) is 0.484. The molecule has 1 aliphatic rings. The van der Waals surface area contributed by atoms with Crippen molar-refractivity contribution in [3.05, 3.63) is 12.2 Å². The molecule has 0 amide bonds. The fraction of sp³-hybridized carbons (Fsp3) is 0.750. The van der Waals surface area contributed by atoms with Crippen LogP contribution in [-0.4, -0.2) is 48.6 Å². The number of allylic oxidation sites excluding steroid dienone is 1. The van der Waals surface area contributed by atoms with Crippen molar-refractivity contribution in [1.82, 2.24) is 0 Å². The van der Waals surface area contributed by atoms with E-state index in [1.54, 1.807) is 0 Å².